The zero-order valence-corrected chi connectivity index (χ0v) is 15.4. The molecule has 2 heterocycles. The maximum absolute atomic E-state index is 12.8. The van der Waals surface area contributed by atoms with Gasteiger partial charge in [0.2, 0.25) is 0 Å². The van der Waals surface area contributed by atoms with Crippen LogP contribution in [0.4, 0.5) is 5.69 Å². The largest absolute Gasteiger partial charge is 0.452 e. The third-order valence-corrected chi connectivity index (χ3v) is 5.47. The van der Waals surface area contributed by atoms with Crippen molar-refractivity contribution in [3.63, 3.8) is 0 Å². The van der Waals surface area contributed by atoms with Gasteiger partial charge < -0.3 is 9.64 Å². The first-order chi connectivity index (χ1) is 13.7. The van der Waals surface area contributed by atoms with E-state index < -0.39 is 5.97 Å². The number of rotatable bonds is 4. The number of carbonyl (C=O) groups is 2. The highest BCUT2D eigenvalue weighted by atomic mass is 16.5. The van der Waals surface area contributed by atoms with Crippen LogP contribution in [-0.4, -0.2) is 30.0 Å². The Hall–Kier alpha value is -3.21. The second-order valence-electron chi connectivity index (χ2n) is 7.39. The van der Waals surface area contributed by atoms with Gasteiger partial charge >= 0.3 is 5.97 Å². The number of esters is 1. The molecule has 1 amide bonds. The molecule has 0 N–H and O–H groups in total. The van der Waals surface area contributed by atoms with Crippen LogP contribution in [0.3, 0.4) is 0 Å². The predicted octanol–water partition coefficient (Wildman–Crippen LogP) is 3.86. The third kappa shape index (κ3) is 3.03. The molecule has 0 saturated heterocycles. The Morgan fingerprint density at radius 2 is 1.86 bits per heavy atom. The number of anilines is 1. The molecule has 1 saturated carbocycles. The van der Waals surface area contributed by atoms with Crippen LogP contribution in [-0.2, 0) is 16.0 Å². The fourth-order valence-electron chi connectivity index (χ4n) is 3.83. The van der Waals surface area contributed by atoms with Gasteiger partial charge in [0.25, 0.3) is 5.91 Å². The zero-order valence-electron chi connectivity index (χ0n) is 15.4. The molecule has 0 unspecified atom stereocenters. The second kappa shape index (κ2) is 6.75. The molecule has 140 valence electrons. The Balaban J connectivity index is 1.36. The van der Waals surface area contributed by atoms with Crippen molar-refractivity contribution in [3.8, 4) is 0 Å². The molecule has 1 fully saturated rings. The topological polar surface area (TPSA) is 59.5 Å². The van der Waals surface area contributed by atoms with Crippen molar-refractivity contribution in [2.24, 2.45) is 0 Å². The standard InChI is InChI=1S/C23H20N2O3/c26-22(25-12-11-16-5-1-4-8-21(16)25)14-28-23(27)18-13-20(15-9-10-15)24-19-7-3-2-6-17(18)19/h1-8,13,15H,9-12,14H2. The number of benzene rings is 2. The Bertz CT molecular complexity index is 1090. The average molecular weight is 372 g/mol. The number of nitrogens with zero attached hydrogens (tertiary/aromatic N) is 2. The molecule has 0 bridgehead atoms. The van der Waals surface area contributed by atoms with E-state index in [0.29, 0.717) is 18.0 Å². The van der Waals surface area contributed by atoms with E-state index in [0.717, 1.165) is 47.1 Å². The first kappa shape index (κ1) is 16.9. The number of para-hydroxylation sites is 2. The van der Waals surface area contributed by atoms with Gasteiger partial charge in [-0.1, -0.05) is 36.4 Å². The van der Waals surface area contributed by atoms with Gasteiger partial charge in [0.05, 0.1) is 11.1 Å². The van der Waals surface area contributed by atoms with Crippen molar-refractivity contribution in [1.82, 2.24) is 4.98 Å². The van der Waals surface area contributed by atoms with Gasteiger partial charge in [-0.2, -0.15) is 0 Å². The van der Waals surface area contributed by atoms with Crippen molar-refractivity contribution < 1.29 is 14.3 Å². The molecule has 0 radical (unpaired) electrons. The minimum atomic E-state index is -0.471. The summed E-state index contributed by atoms with van der Waals surface area (Å²) in [6.07, 6.45) is 3.04. The highest BCUT2D eigenvalue weighted by Gasteiger charge is 2.28. The number of pyridine rings is 1. The van der Waals surface area contributed by atoms with Gasteiger partial charge in [-0.05, 0) is 43.0 Å². The van der Waals surface area contributed by atoms with Crippen LogP contribution in [0.5, 0.6) is 0 Å². The van der Waals surface area contributed by atoms with Crippen LogP contribution in [0.1, 0.15) is 40.4 Å². The number of ether oxygens (including phenoxy) is 1. The molecule has 0 spiro atoms. The highest BCUT2D eigenvalue weighted by Crippen LogP contribution is 2.40. The van der Waals surface area contributed by atoms with Gasteiger partial charge in [-0.25, -0.2) is 4.79 Å². The lowest BCUT2D eigenvalue weighted by Gasteiger charge is -2.17. The summed E-state index contributed by atoms with van der Waals surface area (Å²) in [5.74, 6) is -0.237. The van der Waals surface area contributed by atoms with Gasteiger partial charge in [0.15, 0.2) is 6.61 Å². The molecular formula is C23H20N2O3. The summed E-state index contributed by atoms with van der Waals surface area (Å²) in [6.45, 7) is 0.363. The molecule has 2 aliphatic rings. The Labute approximate surface area is 162 Å². The molecule has 2 aromatic carbocycles. The molecule has 28 heavy (non-hydrogen) atoms. The van der Waals surface area contributed by atoms with E-state index in [-0.39, 0.29) is 12.5 Å². The van der Waals surface area contributed by atoms with Gasteiger partial charge in [0, 0.05) is 29.2 Å². The van der Waals surface area contributed by atoms with Crippen LogP contribution in [0.2, 0.25) is 0 Å². The summed E-state index contributed by atoms with van der Waals surface area (Å²) in [7, 11) is 0. The van der Waals surface area contributed by atoms with Crippen molar-refractivity contribution in [2.45, 2.75) is 25.2 Å². The van der Waals surface area contributed by atoms with E-state index in [1.807, 2.05) is 54.6 Å². The van der Waals surface area contributed by atoms with Crippen molar-refractivity contribution >= 4 is 28.5 Å². The smallest absolute Gasteiger partial charge is 0.339 e. The van der Waals surface area contributed by atoms with Gasteiger partial charge in [-0.15, -0.1) is 0 Å². The van der Waals surface area contributed by atoms with Crippen molar-refractivity contribution in [2.75, 3.05) is 18.1 Å². The zero-order chi connectivity index (χ0) is 19.1. The van der Waals surface area contributed by atoms with Crippen LogP contribution >= 0.6 is 0 Å². The molecule has 3 aromatic rings. The monoisotopic (exact) mass is 372 g/mol. The van der Waals surface area contributed by atoms with Crippen molar-refractivity contribution in [1.29, 1.82) is 0 Å². The van der Waals surface area contributed by atoms with Gasteiger partial charge in [0.1, 0.15) is 0 Å². The average Bonchev–Trinajstić information content (AvgIpc) is 3.50. The molecule has 0 atom stereocenters. The van der Waals surface area contributed by atoms with Gasteiger partial charge in [-0.3, -0.25) is 9.78 Å². The summed E-state index contributed by atoms with van der Waals surface area (Å²) in [5.41, 5.74) is 4.27. The normalized spacial score (nSPS) is 15.5. The number of hydrogen-bond donors (Lipinski definition) is 0. The predicted molar refractivity (Wildman–Crippen MR) is 106 cm³/mol. The minimum absolute atomic E-state index is 0.195. The highest BCUT2D eigenvalue weighted by molar-refractivity contribution is 6.05. The molecule has 1 aliphatic carbocycles. The molecule has 1 aromatic heterocycles. The lowest BCUT2D eigenvalue weighted by molar-refractivity contribution is -0.121. The first-order valence-electron chi connectivity index (χ1n) is 9.66. The number of aromatic nitrogens is 1. The third-order valence-electron chi connectivity index (χ3n) is 5.47. The lowest BCUT2D eigenvalue weighted by Crippen LogP contribution is -2.33. The quantitative estimate of drug-likeness (QED) is 0.653. The number of carbonyl (C=O) groups excluding carboxylic acids is 2. The SMILES string of the molecule is O=C(OCC(=O)N1CCc2ccccc21)c1cc(C2CC2)nc2ccccc12. The van der Waals surface area contributed by atoms with Crippen molar-refractivity contribution in [3.05, 3.63) is 71.4 Å². The summed E-state index contributed by atoms with van der Waals surface area (Å²) in [6, 6.07) is 17.2. The Morgan fingerprint density at radius 1 is 1.07 bits per heavy atom. The van der Waals surface area contributed by atoms with Crippen LogP contribution in [0.25, 0.3) is 10.9 Å². The second-order valence-corrected chi connectivity index (χ2v) is 7.39. The van der Waals surface area contributed by atoms with E-state index >= 15 is 0 Å². The summed E-state index contributed by atoms with van der Waals surface area (Å²) in [5, 5.41) is 0.760. The first-order valence-corrected chi connectivity index (χ1v) is 9.66. The lowest BCUT2D eigenvalue weighted by atomic mass is 10.1. The maximum atomic E-state index is 12.8. The van der Waals surface area contributed by atoms with Crippen LogP contribution < -0.4 is 4.90 Å². The van der Waals surface area contributed by atoms with E-state index in [1.54, 1.807) is 4.90 Å². The molecule has 1 aliphatic heterocycles. The maximum Gasteiger partial charge on any atom is 0.339 e. The van der Waals surface area contributed by atoms with E-state index in [4.69, 9.17) is 4.74 Å². The number of fused-ring (bicyclic) bond motifs is 2. The summed E-state index contributed by atoms with van der Waals surface area (Å²) >= 11 is 0. The molecule has 5 nitrogen and oxygen atoms in total. The fraction of sp³-hybridized carbons (Fsp3) is 0.261. The Morgan fingerprint density at radius 3 is 2.71 bits per heavy atom. The number of hydrogen-bond acceptors (Lipinski definition) is 4. The Kier molecular flexibility index (Phi) is 4.08. The van der Waals surface area contributed by atoms with E-state index in [2.05, 4.69) is 4.98 Å². The molecule has 5 heteroatoms. The fourth-order valence-corrected chi connectivity index (χ4v) is 3.83. The summed E-state index contributed by atoms with van der Waals surface area (Å²) in [4.78, 5) is 31.8. The molecule has 5 rings (SSSR count). The summed E-state index contributed by atoms with van der Waals surface area (Å²) < 4.78 is 5.42. The van der Waals surface area contributed by atoms with E-state index in [1.165, 1.54) is 0 Å². The van der Waals surface area contributed by atoms with Crippen LogP contribution in [0, 0.1) is 0 Å². The number of amides is 1. The van der Waals surface area contributed by atoms with Crippen LogP contribution in [0.15, 0.2) is 54.6 Å². The minimum Gasteiger partial charge on any atom is -0.452 e. The van der Waals surface area contributed by atoms with E-state index in [9.17, 15) is 9.59 Å². The molecular weight excluding hydrogens is 352 g/mol.